The molecule has 0 aliphatic rings. The number of ether oxygens (including phenoxy) is 1. The van der Waals surface area contributed by atoms with Crippen LogP contribution in [0, 0.1) is 0 Å². The lowest BCUT2D eigenvalue weighted by molar-refractivity contribution is 0.0690. The van der Waals surface area contributed by atoms with Crippen molar-refractivity contribution in [1.82, 2.24) is 20.2 Å². The van der Waals surface area contributed by atoms with Crippen LogP contribution in [0.1, 0.15) is 10.5 Å². The summed E-state index contributed by atoms with van der Waals surface area (Å²) in [6.45, 7) is 0. The molecule has 2 heterocycles. The van der Waals surface area contributed by atoms with Crippen molar-refractivity contribution in [3.63, 3.8) is 0 Å². The number of hydrogen-bond acceptors (Lipinski definition) is 7. The monoisotopic (exact) mass is 385 g/mol. The maximum Gasteiger partial charge on any atom is 0.354 e. The number of anilines is 2. The van der Waals surface area contributed by atoms with E-state index in [-0.39, 0.29) is 5.69 Å². The number of para-hydroxylation sites is 1. The van der Waals surface area contributed by atoms with Crippen LogP contribution >= 0.6 is 0 Å². The molecule has 0 aliphatic heterocycles. The molecule has 2 N–H and O–H groups in total. The Labute approximate surface area is 165 Å². The highest BCUT2D eigenvalue weighted by Gasteiger charge is 2.07. The van der Waals surface area contributed by atoms with E-state index < -0.39 is 5.97 Å². The largest absolute Gasteiger partial charge is 0.477 e. The van der Waals surface area contributed by atoms with E-state index in [9.17, 15) is 4.79 Å². The number of carboxylic acids is 1. The predicted octanol–water partition coefficient (Wildman–Crippen LogP) is 4.17. The van der Waals surface area contributed by atoms with E-state index in [4.69, 9.17) is 9.84 Å². The molecule has 0 unspecified atom stereocenters. The maximum absolute atomic E-state index is 11.0. The molecule has 4 aromatic rings. The van der Waals surface area contributed by atoms with Crippen LogP contribution in [-0.4, -0.2) is 31.2 Å². The van der Waals surface area contributed by atoms with Crippen LogP contribution in [0.15, 0.2) is 79.1 Å². The summed E-state index contributed by atoms with van der Waals surface area (Å²) < 4.78 is 5.68. The lowest BCUT2D eigenvalue weighted by Gasteiger charge is -2.07. The Balaban J connectivity index is 1.45. The zero-order chi connectivity index (χ0) is 20.1. The summed E-state index contributed by atoms with van der Waals surface area (Å²) in [6.07, 6.45) is 3.02. The first-order valence-electron chi connectivity index (χ1n) is 8.67. The molecule has 0 radical (unpaired) electrons. The lowest BCUT2D eigenvalue weighted by Crippen LogP contribution is -2.00. The van der Waals surface area contributed by atoms with Crippen LogP contribution in [0.25, 0.3) is 11.3 Å². The number of nitrogens with one attached hydrogen (secondary N) is 1. The fourth-order valence-corrected chi connectivity index (χ4v) is 2.54. The van der Waals surface area contributed by atoms with Gasteiger partial charge in [-0.3, -0.25) is 0 Å². The first-order chi connectivity index (χ1) is 14.2. The predicted molar refractivity (Wildman–Crippen MR) is 106 cm³/mol. The van der Waals surface area contributed by atoms with Crippen LogP contribution in [-0.2, 0) is 0 Å². The van der Waals surface area contributed by atoms with E-state index in [1.807, 2.05) is 42.5 Å². The maximum atomic E-state index is 11.0. The number of aromatic carboxylic acids is 1. The molecular formula is C21H15N5O3. The Morgan fingerprint density at radius 1 is 0.897 bits per heavy atom. The van der Waals surface area contributed by atoms with Gasteiger partial charge in [-0.1, -0.05) is 18.2 Å². The number of hydrogen-bond donors (Lipinski definition) is 2. The van der Waals surface area contributed by atoms with E-state index in [1.54, 1.807) is 24.4 Å². The summed E-state index contributed by atoms with van der Waals surface area (Å²) in [7, 11) is 0. The van der Waals surface area contributed by atoms with Crippen LogP contribution < -0.4 is 10.1 Å². The summed E-state index contributed by atoms with van der Waals surface area (Å²) >= 11 is 0. The van der Waals surface area contributed by atoms with Crippen LogP contribution in [0.3, 0.4) is 0 Å². The molecule has 8 nitrogen and oxygen atoms in total. The summed E-state index contributed by atoms with van der Waals surface area (Å²) in [5.74, 6) is 0.247. The number of benzene rings is 2. The highest BCUT2D eigenvalue weighted by molar-refractivity contribution is 5.85. The number of aromatic nitrogens is 4. The van der Waals surface area contributed by atoms with Crippen molar-refractivity contribution in [2.75, 3.05) is 5.32 Å². The van der Waals surface area contributed by atoms with Crippen molar-refractivity contribution >= 4 is 17.6 Å². The minimum absolute atomic E-state index is 0.0790. The lowest BCUT2D eigenvalue weighted by atomic mass is 10.1. The van der Waals surface area contributed by atoms with Crippen molar-refractivity contribution in [1.29, 1.82) is 0 Å². The number of pyridine rings is 1. The van der Waals surface area contributed by atoms with Gasteiger partial charge in [-0.25, -0.2) is 14.8 Å². The summed E-state index contributed by atoms with van der Waals surface area (Å²) in [5.41, 5.74) is 2.24. The van der Waals surface area contributed by atoms with Gasteiger partial charge in [-0.15, -0.1) is 10.2 Å². The van der Waals surface area contributed by atoms with Crippen LogP contribution in [0.5, 0.6) is 11.5 Å². The molecule has 0 atom stereocenters. The minimum atomic E-state index is -1.11. The molecule has 29 heavy (non-hydrogen) atoms. The minimum Gasteiger partial charge on any atom is -0.477 e. The Hall–Kier alpha value is -4.33. The molecule has 0 aliphatic carbocycles. The first kappa shape index (κ1) is 18.1. The van der Waals surface area contributed by atoms with E-state index in [1.165, 1.54) is 12.3 Å². The van der Waals surface area contributed by atoms with Gasteiger partial charge in [0.15, 0.2) is 5.69 Å². The molecule has 8 heteroatoms. The van der Waals surface area contributed by atoms with E-state index >= 15 is 0 Å². The molecule has 142 valence electrons. The van der Waals surface area contributed by atoms with E-state index in [0.29, 0.717) is 23.1 Å². The average molecular weight is 385 g/mol. The first-order valence-corrected chi connectivity index (χ1v) is 8.67. The van der Waals surface area contributed by atoms with Crippen molar-refractivity contribution in [3.8, 4) is 22.8 Å². The fraction of sp³-hybridized carbons (Fsp3) is 0. The van der Waals surface area contributed by atoms with Gasteiger partial charge in [0.1, 0.15) is 17.2 Å². The molecule has 0 spiro atoms. The molecule has 0 bridgehead atoms. The highest BCUT2D eigenvalue weighted by atomic mass is 16.5. The molecular weight excluding hydrogens is 370 g/mol. The topological polar surface area (TPSA) is 110 Å². The normalized spacial score (nSPS) is 10.3. The number of rotatable bonds is 6. The van der Waals surface area contributed by atoms with E-state index in [2.05, 4.69) is 25.5 Å². The van der Waals surface area contributed by atoms with Crippen LogP contribution in [0.4, 0.5) is 11.6 Å². The average Bonchev–Trinajstić information content (AvgIpc) is 2.76. The zero-order valence-corrected chi connectivity index (χ0v) is 15.1. The van der Waals surface area contributed by atoms with Crippen LogP contribution in [0.2, 0.25) is 0 Å². The van der Waals surface area contributed by atoms with Crippen molar-refractivity contribution < 1.29 is 14.6 Å². The Morgan fingerprint density at radius 2 is 1.69 bits per heavy atom. The quantitative estimate of drug-likeness (QED) is 0.509. The summed E-state index contributed by atoms with van der Waals surface area (Å²) in [4.78, 5) is 19.0. The zero-order valence-electron chi connectivity index (χ0n) is 15.1. The Morgan fingerprint density at radius 3 is 2.38 bits per heavy atom. The number of carboxylic acid groups (broad SMARTS) is 1. The SMILES string of the molecule is O=C(O)c1cc(Oc2ccc(-c3cnc(Nc4ccccc4)nn3)cc2)ccn1. The van der Waals surface area contributed by atoms with Gasteiger partial charge in [0, 0.05) is 23.5 Å². The van der Waals surface area contributed by atoms with Crippen molar-refractivity contribution in [3.05, 3.63) is 84.8 Å². The number of nitrogens with zero attached hydrogens (tertiary/aromatic N) is 4. The molecule has 0 saturated carbocycles. The van der Waals surface area contributed by atoms with Gasteiger partial charge < -0.3 is 15.2 Å². The van der Waals surface area contributed by atoms with Gasteiger partial charge in [-0.05, 0) is 42.5 Å². The molecule has 2 aromatic heterocycles. The van der Waals surface area contributed by atoms with Gasteiger partial charge in [0.25, 0.3) is 0 Å². The fourth-order valence-electron chi connectivity index (χ4n) is 2.54. The van der Waals surface area contributed by atoms with E-state index in [0.717, 1.165) is 11.3 Å². The van der Waals surface area contributed by atoms with Crippen molar-refractivity contribution in [2.24, 2.45) is 0 Å². The molecule has 2 aromatic carbocycles. The van der Waals surface area contributed by atoms with Gasteiger partial charge in [0.2, 0.25) is 5.95 Å². The summed E-state index contributed by atoms with van der Waals surface area (Å²) in [5, 5.41) is 20.4. The molecule has 0 saturated heterocycles. The van der Waals surface area contributed by atoms with Gasteiger partial charge in [-0.2, -0.15) is 0 Å². The second kappa shape index (κ2) is 8.13. The Kier molecular flexibility index (Phi) is 5.06. The van der Waals surface area contributed by atoms with Crippen molar-refractivity contribution in [2.45, 2.75) is 0 Å². The molecule has 0 amide bonds. The second-order valence-corrected chi connectivity index (χ2v) is 5.97. The Bertz CT molecular complexity index is 1120. The van der Waals surface area contributed by atoms with Gasteiger partial charge >= 0.3 is 5.97 Å². The second-order valence-electron chi connectivity index (χ2n) is 5.97. The standard InChI is InChI=1S/C21H15N5O3/c27-20(28)18-12-17(10-11-22-18)29-16-8-6-14(7-9-16)19-13-23-21(26-25-19)24-15-4-2-1-3-5-15/h1-13H,(H,27,28)(H,23,24,26). The summed E-state index contributed by atoms with van der Waals surface area (Å²) in [6, 6.07) is 19.7. The third-order valence-corrected chi connectivity index (χ3v) is 3.93. The molecule has 0 fully saturated rings. The number of carbonyl (C=O) groups is 1. The van der Waals surface area contributed by atoms with Gasteiger partial charge in [0.05, 0.1) is 6.20 Å². The molecule has 4 rings (SSSR count). The third-order valence-electron chi connectivity index (χ3n) is 3.93. The highest BCUT2D eigenvalue weighted by Crippen LogP contribution is 2.25. The smallest absolute Gasteiger partial charge is 0.354 e. The third kappa shape index (κ3) is 4.51.